The molecule has 2 aromatic rings. The first kappa shape index (κ1) is 21.6. The largest absolute Gasteiger partial charge is 0.494 e. The second-order valence-corrected chi connectivity index (χ2v) is 10.2. The van der Waals surface area contributed by atoms with Gasteiger partial charge in [0.15, 0.2) is 0 Å². The molecule has 156 valence electrons. The Morgan fingerprint density at radius 1 is 1.14 bits per heavy atom. The summed E-state index contributed by atoms with van der Waals surface area (Å²) in [5, 5.41) is 6.94. The van der Waals surface area contributed by atoms with Crippen LogP contribution in [-0.2, 0) is 14.8 Å². The van der Waals surface area contributed by atoms with E-state index in [0.717, 1.165) is 22.8 Å². The highest BCUT2D eigenvalue weighted by atomic mass is 32.2. The molecule has 8 nitrogen and oxygen atoms in total. The summed E-state index contributed by atoms with van der Waals surface area (Å²) in [6, 6.07) is 6.24. The third-order valence-corrected chi connectivity index (χ3v) is 8.12. The van der Waals surface area contributed by atoms with Gasteiger partial charge in [0, 0.05) is 43.3 Å². The Morgan fingerprint density at radius 2 is 1.86 bits per heavy atom. The van der Waals surface area contributed by atoms with Crippen molar-refractivity contribution in [2.24, 2.45) is 0 Å². The Morgan fingerprint density at radius 3 is 2.52 bits per heavy atom. The van der Waals surface area contributed by atoms with Crippen molar-refractivity contribution >= 4 is 56.3 Å². The Kier molecular flexibility index (Phi) is 6.83. The van der Waals surface area contributed by atoms with E-state index in [0.29, 0.717) is 30.2 Å². The van der Waals surface area contributed by atoms with Crippen LogP contribution in [0.2, 0.25) is 0 Å². The van der Waals surface area contributed by atoms with E-state index in [1.54, 1.807) is 35.3 Å². The van der Waals surface area contributed by atoms with Gasteiger partial charge in [0.05, 0.1) is 12.8 Å². The van der Waals surface area contributed by atoms with Crippen molar-refractivity contribution in [1.82, 2.24) is 4.31 Å². The van der Waals surface area contributed by atoms with E-state index in [9.17, 15) is 18.0 Å². The number of thiophene rings is 1. The highest BCUT2D eigenvalue weighted by Crippen LogP contribution is 2.30. The van der Waals surface area contributed by atoms with Gasteiger partial charge in [0.1, 0.15) is 15.5 Å². The number of hydrogen-bond donors (Lipinski definition) is 2. The normalized spacial score (nSPS) is 15.0. The van der Waals surface area contributed by atoms with Crippen molar-refractivity contribution in [2.75, 3.05) is 42.3 Å². The van der Waals surface area contributed by atoms with Crippen LogP contribution in [0.25, 0.3) is 0 Å². The van der Waals surface area contributed by atoms with Crippen LogP contribution < -0.4 is 15.4 Å². The Labute approximate surface area is 177 Å². The first-order valence-electron chi connectivity index (χ1n) is 8.75. The number of thioether (sulfide) groups is 1. The minimum absolute atomic E-state index is 0.0220. The fraction of sp³-hybridized carbons (Fsp3) is 0.333. The lowest BCUT2D eigenvalue weighted by molar-refractivity contribution is -0.114. The van der Waals surface area contributed by atoms with Gasteiger partial charge >= 0.3 is 0 Å². The van der Waals surface area contributed by atoms with Crippen LogP contribution in [-0.4, -0.2) is 56.2 Å². The van der Waals surface area contributed by atoms with Crippen LogP contribution in [0.15, 0.2) is 34.5 Å². The monoisotopic (exact) mass is 455 g/mol. The Balaban J connectivity index is 1.82. The third kappa shape index (κ3) is 4.92. The number of carbonyl (C=O) groups excluding carboxylic acids is 2. The van der Waals surface area contributed by atoms with Crippen molar-refractivity contribution in [2.45, 2.75) is 11.8 Å². The van der Waals surface area contributed by atoms with Crippen LogP contribution in [0.3, 0.4) is 0 Å². The molecule has 1 aliphatic rings. The number of ether oxygens (including phenoxy) is 1. The van der Waals surface area contributed by atoms with Gasteiger partial charge in [-0.2, -0.15) is 16.1 Å². The van der Waals surface area contributed by atoms with Crippen LogP contribution in [0.4, 0.5) is 11.4 Å². The SMILES string of the molecule is COc1cc(NC(=O)c2sccc2S(=O)(=O)N2CCSCC2)ccc1NC(C)=O. The number of nitrogens with zero attached hydrogens (tertiary/aromatic N) is 1. The fourth-order valence-electron chi connectivity index (χ4n) is 2.84. The maximum atomic E-state index is 13.0. The maximum Gasteiger partial charge on any atom is 0.267 e. The van der Waals surface area contributed by atoms with Gasteiger partial charge in [-0.1, -0.05) is 0 Å². The summed E-state index contributed by atoms with van der Waals surface area (Å²) in [6.07, 6.45) is 0. The summed E-state index contributed by atoms with van der Waals surface area (Å²) in [6.45, 7) is 2.26. The topological polar surface area (TPSA) is 105 Å². The summed E-state index contributed by atoms with van der Waals surface area (Å²) in [5.41, 5.74) is 0.896. The highest BCUT2D eigenvalue weighted by Gasteiger charge is 2.31. The van der Waals surface area contributed by atoms with Crippen molar-refractivity contribution < 1.29 is 22.7 Å². The fourth-order valence-corrected chi connectivity index (χ4v) is 6.71. The average Bonchev–Trinajstić information content (AvgIpc) is 3.20. The number of carbonyl (C=O) groups is 2. The molecule has 1 aromatic heterocycles. The van der Waals surface area contributed by atoms with E-state index in [-0.39, 0.29) is 15.7 Å². The molecule has 3 rings (SSSR count). The van der Waals surface area contributed by atoms with E-state index >= 15 is 0 Å². The molecule has 1 fully saturated rings. The van der Waals surface area contributed by atoms with Gasteiger partial charge in [-0.05, 0) is 23.6 Å². The number of methoxy groups -OCH3 is 1. The average molecular weight is 456 g/mol. The summed E-state index contributed by atoms with van der Waals surface area (Å²) < 4.78 is 32.6. The van der Waals surface area contributed by atoms with E-state index in [4.69, 9.17) is 4.74 Å². The van der Waals surface area contributed by atoms with Crippen LogP contribution in [0, 0.1) is 0 Å². The minimum atomic E-state index is -3.72. The zero-order valence-corrected chi connectivity index (χ0v) is 18.4. The number of rotatable bonds is 6. The molecule has 1 aliphatic heterocycles. The van der Waals surface area contributed by atoms with Crippen molar-refractivity contribution in [3.05, 3.63) is 34.5 Å². The number of anilines is 2. The number of hydrogen-bond acceptors (Lipinski definition) is 7. The van der Waals surface area contributed by atoms with Gasteiger partial charge < -0.3 is 15.4 Å². The standard InChI is InChI=1S/C18H21N3O5S3/c1-12(22)19-14-4-3-13(11-15(14)26-2)20-18(23)17-16(5-8-28-17)29(24,25)21-6-9-27-10-7-21/h3-5,8,11H,6-7,9-10H2,1-2H3,(H,19,22)(H,20,23). The van der Waals surface area contributed by atoms with Gasteiger partial charge in [-0.15, -0.1) is 11.3 Å². The molecular weight excluding hydrogens is 434 g/mol. The lowest BCUT2D eigenvalue weighted by Gasteiger charge is -2.25. The van der Waals surface area contributed by atoms with Crippen LogP contribution in [0.5, 0.6) is 5.75 Å². The molecule has 2 amide bonds. The third-order valence-electron chi connectivity index (χ3n) is 4.19. The molecule has 0 unspecified atom stereocenters. The molecule has 0 spiro atoms. The Hall–Kier alpha value is -2.08. The van der Waals surface area contributed by atoms with E-state index in [1.165, 1.54) is 24.4 Å². The molecule has 0 radical (unpaired) electrons. The van der Waals surface area contributed by atoms with E-state index < -0.39 is 15.9 Å². The lowest BCUT2D eigenvalue weighted by atomic mass is 10.2. The second-order valence-electron chi connectivity index (χ2n) is 6.18. The summed E-state index contributed by atoms with van der Waals surface area (Å²) in [4.78, 5) is 24.2. The number of benzene rings is 1. The number of sulfonamides is 1. The van der Waals surface area contributed by atoms with E-state index in [2.05, 4.69) is 10.6 Å². The minimum Gasteiger partial charge on any atom is -0.494 e. The van der Waals surface area contributed by atoms with Crippen LogP contribution >= 0.6 is 23.1 Å². The highest BCUT2D eigenvalue weighted by molar-refractivity contribution is 7.99. The van der Waals surface area contributed by atoms with Gasteiger partial charge in [-0.25, -0.2) is 8.42 Å². The molecule has 0 bridgehead atoms. The number of nitrogens with one attached hydrogen (secondary N) is 2. The van der Waals surface area contributed by atoms with Gasteiger partial charge in [0.25, 0.3) is 5.91 Å². The predicted molar refractivity (Wildman–Crippen MR) is 116 cm³/mol. The molecule has 1 aromatic carbocycles. The molecule has 2 N–H and O–H groups in total. The smallest absolute Gasteiger partial charge is 0.267 e. The van der Waals surface area contributed by atoms with Crippen molar-refractivity contribution in [3.63, 3.8) is 0 Å². The summed E-state index contributed by atoms with van der Waals surface area (Å²) >= 11 is 2.79. The maximum absolute atomic E-state index is 13.0. The molecule has 0 aliphatic carbocycles. The predicted octanol–water partition coefficient (Wildman–Crippen LogP) is 2.70. The molecule has 2 heterocycles. The molecular formula is C18H21N3O5S3. The first-order chi connectivity index (χ1) is 13.8. The molecule has 1 saturated heterocycles. The molecule has 11 heteroatoms. The van der Waals surface area contributed by atoms with Crippen molar-refractivity contribution in [1.29, 1.82) is 0 Å². The lowest BCUT2D eigenvalue weighted by Crippen LogP contribution is -2.38. The Bertz CT molecular complexity index is 1010. The van der Waals surface area contributed by atoms with Crippen LogP contribution in [0.1, 0.15) is 16.6 Å². The number of amides is 2. The molecule has 29 heavy (non-hydrogen) atoms. The van der Waals surface area contributed by atoms with Gasteiger partial charge in [0.2, 0.25) is 15.9 Å². The van der Waals surface area contributed by atoms with Gasteiger partial charge in [-0.3, -0.25) is 9.59 Å². The zero-order valence-electron chi connectivity index (χ0n) is 15.9. The van der Waals surface area contributed by atoms with E-state index in [1.807, 2.05) is 0 Å². The second kappa shape index (κ2) is 9.16. The summed E-state index contributed by atoms with van der Waals surface area (Å²) in [7, 11) is -2.27. The molecule has 0 saturated carbocycles. The zero-order chi connectivity index (χ0) is 21.0. The quantitative estimate of drug-likeness (QED) is 0.694. The summed E-state index contributed by atoms with van der Waals surface area (Å²) in [5.74, 6) is 1.10. The van der Waals surface area contributed by atoms with Crippen molar-refractivity contribution in [3.8, 4) is 5.75 Å². The first-order valence-corrected chi connectivity index (χ1v) is 12.2. The molecule has 0 atom stereocenters.